The zero-order valence-corrected chi connectivity index (χ0v) is 35.4. The highest BCUT2D eigenvalue weighted by Gasteiger charge is 2.72. The summed E-state index contributed by atoms with van der Waals surface area (Å²) in [6.45, 7) is 8.10. The molecule has 62 heavy (non-hydrogen) atoms. The molecule has 0 aromatic heterocycles. The van der Waals surface area contributed by atoms with E-state index in [1.807, 2.05) is 60.4 Å². The number of ether oxygens (including phenoxy) is 2. The summed E-state index contributed by atoms with van der Waals surface area (Å²) >= 11 is 0. The Morgan fingerprint density at radius 1 is 0.677 bits per heavy atom. The highest BCUT2D eigenvalue weighted by molar-refractivity contribution is 6.12. The van der Waals surface area contributed by atoms with E-state index < -0.39 is 87.3 Å². The molecule has 328 valence electrons. The van der Waals surface area contributed by atoms with E-state index in [0.29, 0.717) is 48.9 Å². The van der Waals surface area contributed by atoms with Gasteiger partial charge in [0, 0.05) is 47.7 Å². The Balaban J connectivity index is 1.30. The Kier molecular flexibility index (Phi) is 10.3. The van der Waals surface area contributed by atoms with E-state index in [0.717, 1.165) is 11.1 Å². The molecule has 0 saturated carbocycles. The van der Waals surface area contributed by atoms with Gasteiger partial charge in [0.15, 0.2) is 0 Å². The maximum atomic E-state index is 14.8. The summed E-state index contributed by atoms with van der Waals surface area (Å²) < 4.78 is 25.3. The topological polar surface area (TPSA) is 235 Å². The zero-order valence-electron chi connectivity index (χ0n) is 35.4. The number of esters is 2. The lowest BCUT2D eigenvalue weighted by atomic mass is 9.64. The van der Waals surface area contributed by atoms with Gasteiger partial charge in [-0.15, -0.1) is 0 Å². The summed E-state index contributed by atoms with van der Waals surface area (Å²) in [7, 11) is 0. The van der Waals surface area contributed by atoms with Crippen LogP contribution in [0.5, 0.6) is 0 Å². The predicted molar refractivity (Wildman–Crippen MR) is 225 cm³/mol. The Hall–Kier alpha value is -5.87. The fourth-order valence-electron chi connectivity index (χ4n) is 13.0. The molecule has 3 saturated heterocycles. The number of primary amides is 4. The van der Waals surface area contributed by atoms with Crippen molar-refractivity contribution in [2.45, 2.75) is 118 Å². The van der Waals surface area contributed by atoms with E-state index in [9.17, 15) is 33.2 Å². The lowest BCUT2D eigenvalue weighted by Gasteiger charge is -2.56. The van der Waals surface area contributed by atoms with E-state index in [4.69, 9.17) is 32.4 Å². The van der Waals surface area contributed by atoms with Gasteiger partial charge in [-0.2, -0.15) is 0 Å². The summed E-state index contributed by atoms with van der Waals surface area (Å²) in [6, 6.07) is 19.2. The molecule has 2 aliphatic carbocycles. The van der Waals surface area contributed by atoms with E-state index in [1.54, 1.807) is 30.9 Å². The molecule has 9 atom stereocenters. The average molecular weight is 852 g/mol. The smallest absolute Gasteiger partial charge is 0.375 e. The molecule has 16 heteroatoms. The summed E-state index contributed by atoms with van der Waals surface area (Å²) in [4.78, 5) is 88.9. The number of carbonyl (C=O) groups excluding carboxylic acids is 6. The summed E-state index contributed by atoms with van der Waals surface area (Å²) in [5.74, 6) is -5.08. The van der Waals surface area contributed by atoms with Gasteiger partial charge >= 0.3 is 24.1 Å². The van der Waals surface area contributed by atoms with Crippen LogP contribution in [-0.2, 0) is 52.3 Å². The molecule has 3 aromatic rings. The van der Waals surface area contributed by atoms with Crippen LogP contribution in [0.1, 0.15) is 82.1 Å². The standard InChI is InChI=1S/C46H54FN7O8/c1-26-21-34(33-13-7-19-52(33)45(36(48)55,38(57)61-40(50)59)42(2)24-27-9-5-11-29(42)22-27)54(32-17-15-31(47)16-18-32)44(26,4)35-14-8-20-53(35)46(37(49)56,39(58)62-41(51)60)43(3)25-28-10-6-12-30(43)23-28/h5-6,9-12,15-18,22-23,26,33-35H,7-8,13-14,19-21,24-25H2,1-4H3,(H2,48,55)(H2,49,56)(H2,50,59)(H2,51,60)/t26?,33?,34?,35?,42?,43?,44-,45+,46+/m1/s1. The third-order valence-electron chi connectivity index (χ3n) is 15.6. The Bertz CT molecular complexity index is 2380. The second kappa shape index (κ2) is 14.9. The molecule has 4 bridgehead atoms. The fraction of sp³-hybridized carbons (Fsp3) is 0.478. The van der Waals surface area contributed by atoms with Crippen LogP contribution >= 0.6 is 0 Å². The lowest BCUT2D eigenvalue weighted by Crippen LogP contribution is -2.77. The van der Waals surface area contributed by atoms with Gasteiger partial charge in [-0.1, -0.05) is 69.3 Å². The summed E-state index contributed by atoms with van der Waals surface area (Å²) in [5.41, 5.74) is 19.5. The van der Waals surface area contributed by atoms with Crippen LogP contribution in [-0.4, -0.2) is 93.6 Å². The van der Waals surface area contributed by atoms with Gasteiger partial charge < -0.3 is 37.3 Å². The van der Waals surface area contributed by atoms with Crippen LogP contribution in [0.3, 0.4) is 0 Å². The van der Waals surface area contributed by atoms with Crippen LogP contribution in [0, 0.1) is 11.7 Å². The van der Waals surface area contributed by atoms with Gasteiger partial charge in [0.1, 0.15) is 5.82 Å². The number of nitrogens with zero attached hydrogens (tertiary/aromatic N) is 3. The van der Waals surface area contributed by atoms with Crippen LogP contribution in [0.2, 0.25) is 0 Å². The van der Waals surface area contributed by atoms with Crippen LogP contribution in [0.25, 0.3) is 0 Å². The third-order valence-corrected chi connectivity index (χ3v) is 15.6. The summed E-state index contributed by atoms with van der Waals surface area (Å²) in [5, 5.41) is 0. The van der Waals surface area contributed by atoms with Gasteiger partial charge in [0.05, 0.1) is 5.54 Å². The molecule has 6 unspecified atom stereocenters. The van der Waals surface area contributed by atoms with Crippen LogP contribution in [0.4, 0.5) is 19.7 Å². The highest BCUT2D eigenvalue weighted by Crippen LogP contribution is 2.57. The van der Waals surface area contributed by atoms with Crippen molar-refractivity contribution in [3.05, 3.63) is 101 Å². The van der Waals surface area contributed by atoms with Crippen LogP contribution < -0.4 is 27.8 Å². The van der Waals surface area contributed by atoms with E-state index in [2.05, 4.69) is 11.8 Å². The molecule has 3 heterocycles. The Morgan fingerprint density at radius 3 is 1.65 bits per heavy atom. The molecular formula is C46H54FN7O8. The van der Waals surface area contributed by atoms with Crippen molar-refractivity contribution in [1.29, 1.82) is 0 Å². The molecular weight excluding hydrogens is 798 g/mol. The lowest BCUT2D eigenvalue weighted by molar-refractivity contribution is -0.167. The molecule has 5 aliphatic rings. The zero-order chi connectivity index (χ0) is 44.7. The number of fused-ring (bicyclic) bond motifs is 4. The van der Waals surface area contributed by atoms with Crippen molar-refractivity contribution in [1.82, 2.24) is 9.80 Å². The van der Waals surface area contributed by atoms with E-state index >= 15 is 0 Å². The molecule has 3 aromatic carbocycles. The van der Waals surface area contributed by atoms with Crippen molar-refractivity contribution in [2.75, 3.05) is 18.0 Å². The molecule has 8 N–H and O–H groups in total. The van der Waals surface area contributed by atoms with E-state index in [-0.39, 0.29) is 31.8 Å². The average Bonchev–Trinajstić information content (AvgIpc) is 4.01. The van der Waals surface area contributed by atoms with Gasteiger partial charge in [-0.25, -0.2) is 23.6 Å². The fourth-order valence-corrected chi connectivity index (χ4v) is 13.0. The molecule has 0 spiro atoms. The number of likely N-dealkylation sites (tertiary alicyclic amines) is 2. The number of anilines is 1. The first-order valence-electron chi connectivity index (χ1n) is 21.2. The van der Waals surface area contributed by atoms with Gasteiger partial charge in [-0.05, 0) is 104 Å². The van der Waals surface area contributed by atoms with Gasteiger partial charge in [0.2, 0.25) is 11.1 Å². The van der Waals surface area contributed by atoms with E-state index in [1.165, 1.54) is 12.1 Å². The molecule has 4 amide bonds. The Morgan fingerprint density at radius 2 is 1.16 bits per heavy atom. The van der Waals surface area contributed by atoms with Gasteiger partial charge in [0.25, 0.3) is 11.8 Å². The number of rotatable bonds is 11. The SMILES string of the molecule is CC1CC(C2CCCN2[C@@](C(N)=O)(C(=O)OC(N)=O)C2(C)Cc3cccc2c3)N(c2ccc(F)cc2)[C@@]1(C)C1CCCN1[C@@](C(N)=O)(C(=O)OC(N)=O)C1(C)Cc2cccc1c2. The first-order valence-corrected chi connectivity index (χ1v) is 21.2. The minimum Gasteiger partial charge on any atom is -0.375 e. The minimum atomic E-state index is -2.24. The van der Waals surface area contributed by atoms with Crippen molar-refractivity contribution in [2.24, 2.45) is 28.9 Å². The molecule has 0 radical (unpaired) electrons. The Labute approximate surface area is 359 Å². The van der Waals surface area contributed by atoms with Crippen molar-refractivity contribution >= 4 is 41.6 Å². The van der Waals surface area contributed by atoms with Crippen molar-refractivity contribution in [3.63, 3.8) is 0 Å². The maximum absolute atomic E-state index is 14.8. The number of hydrogen-bond acceptors (Lipinski definition) is 11. The first-order chi connectivity index (χ1) is 29.3. The first kappa shape index (κ1) is 42.8. The molecule has 3 aliphatic heterocycles. The van der Waals surface area contributed by atoms with Crippen molar-refractivity contribution < 1.29 is 42.6 Å². The second-order valence-corrected chi connectivity index (χ2v) is 18.5. The number of benzene rings is 3. The third kappa shape index (κ3) is 5.81. The minimum absolute atomic E-state index is 0.216. The normalized spacial score (nSPS) is 31.0. The molecule has 15 nitrogen and oxygen atoms in total. The second-order valence-electron chi connectivity index (χ2n) is 18.5. The predicted octanol–water partition coefficient (Wildman–Crippen LogP) is 3.45. The highest BCUT2D eigenvalue weighted by atomic mass is 19.1. The van der Waals surface area contributed by atoms with Crippen molar-refractivity contribution in [3.8, 4) is 0 Å². The summed E-state index contributed by atoms with van der Waals surface area (Å²) in [6.07, 6.45) is 0.184. The number of nitrogens with two attached hydrogens (primary N) is 4. The number of carbonyl (C=O) groups is 6. The van der Waals surface area contributed by atoms with Gasteiger partial charge in [-0.3, -0.25) is 19.4 Å². The quantitative estimate of drug-likeness (QED) is 0.161. The maximum Gasteiger partial charge on any atom is 0.412 e. The molecule has 3 fully saturated rings. The largest absolute Gasteiger partial charge is 0.412 e. The number of halogens is 1. The monoisotopic (exact) mass is 851 g/mol. The number of amides is 4. The van der Waals surface area contributed by atoms with Crippen LogP contribution in [0.15, 0.2) is 72.8 Å². The molecule has 8 rings (SSSR count). The number of hydrogen-bond donors (Lipinski definition) is 4.